The highest BCUT2D eigenvalue weighted by molar-refractivity contribution is 5.75. The van der Waals surface area contributed by atoms with E-state index in [1.807, 2.05) is 30.3 Å². The lowest BCUT2D eigenvalue weighted by Gasteiger charge is -2.13. The molecule has 1 rings (SSSR count). The quantitative estimate of drug-likeness (QED) is 0.457. The third-order valence-electron chi connectivity index (χ3n) is 2.37. The average molecular weight is 259 g/mol. The van der Waals surface area contributed by atoms with Crippen molar-refractivity contribution < 1.29 is 27.6 Å². The summed E-state index contributed by atoms with van der Waals surface area (Å²) in [5.74, 6) is -0.831. The molecule has 5 heteroatoms. The number of nitrogens with one attached hydrogen (secondary N) is 1. The van der Waals surface area contributed by atoms with Gasteiger partial charge in [0.2, 0.25) is 0 Å². The van der Waals surface area contributed by atoms with Gasteiger partial charge in [0, 0.05) is 6.54 Å². The number of halogens is 1. The van der Waals surface area contributed by atoms with Crippen LogP contribution < -0.4 is 23.0 Å². The largest absolute Gasteiger partial charge is 1.00 e. The highest BCUT2D eigenvalue weighted by Crippen LogP contribution is 2.11. The van der Waals surface area contributed by atoms with E-state index in [0.29, 0.717) is 6.54 Å². The van der Waals surface area contributed by atoms with E-state index in [1.54, 1.807) is 0 Å². The van der Waals surface area contributed by atoms with Crippen LogP contribution in [0.25, 0.3) is 0 Å². The number of likely N-dealkylation sites (N-methyl/N-ethyl adjacent to an activating group) is 1. The van der Waals surface area contributed by atoms with Crippen LogP contribution in [0.2, 0.25) is 0 Å². The molecule has 0 heterocycles. The first-order chi connectivity index (χ1) is 7.75. The van der Waals surface area contributed by atoms with Crippen molar-refractivity contribution in [2.75, 3.05) is 19.6 Å². The maximum atomic E-state index is 11.1. The summed E-state index contributed by atoms with van der Waals surface area (Å²) in [5.41, 5.74) is 0.798. The van der Waals surface area contributed by atoms with Gasteiger partial charge in [-0.05, 0) is 12.5 Å². The Hall–Kier alpha value is -1.10. The zero-order valence-corrected chi connectivity index (χ0v) is 10.7. The summed E-state index contributed by atoms with van der Waals surface area (Å²) < 4.78 is 0. The van der Waals surface area contributed by atoms with E-state index in [1.165, 1.54) is 0 Å². The Balaban J connectivity index is 0.00000256. The van der Waals surface area contributed by atoms with Gasteiger partial charge in [-0.3, -0.25) is 10.1 Å². The van der Waals surface area contributed by atoms with Crippen LogP contribution in [0.1, 0.15) is 18.5 Å². The molecule has 1 aromatic carbocycles. The molecule has 0 aliphatic rings. The van der Waals surface area contributed by atoms with E-state index in [2.05, 4.69) is 17.6 Å². The molecule has 0 fully saturated rings. The van der Waals surface area contributed by atoms with Gasteiger partial charge in [-0.25, -0.2) is 0 Å². The van der Waals surface area contributed by atoms with Gasteiger partial charge < -0.3 is 22.8 Å². The first kappa shape index (κ1) is 15.9. The Labute approximate surface area is 108 Å². The summed E-state index contributed by atoms with van der Waals surface area (Å²) in [5, 5.41) is 14.3. The minimum absolute atomic E-state index is 0. The summed E-state index contributed by atoms with van der Waals surface area (Å²) in [6.07, 6.45) is 0. The zero-order valence-electron chi connectivity index (χ0n) is 9.90. The van der Waals surface area contributed by atoms with Crippen LogP contribution in [0.5, 0.6) is 0 Å². The molecule has 1 atom stereocenters. The predicted octanol–water partition coefficient (Wildman–Crippen LogP) is -3.01. The molecule has 96 valence electrons. The number of rotatable bonds is 7. The number of benzene rings is 1. The lowest BCUT2D eigenvalue weighted by Crippen LogP contribution is -3.00. The number of carboxylic acid groups (broad SMARTS) is 1. The number of nitrogens with two attached hydrogens (primary N) is 1. The van der Waals surface area contributed by atoms with E-state index < -0.39 is 12.0 Å². The SMILES string of the molecule is CC[NH2+]CCNC(C(=O)O)c1ccccc1.[Cl-]. The fourth-order valence-corrected chi connectivity index (χ4v) is 1.53. The first-order valence-electron chi connectivity index (χ1n) is 5.58. The van der Waals surface area contributed by atoms with Gasteiger partial charge in [0.15, 0.2) is 0 Å². The van der Waals surface area contributed by atoms with E-state index in [4.69, 9.17) is 5.11 Å². The normalized spacial score (nSPS) is 11.6. The summed E-state index contributed by atoms with van der Waals surface area (Å²) in [6, 6.07) is 8.64. The maximum Gasteiger partial charge on any atom is 0.325 e. The van der Waals surface area contributed by atoms with Crippen LogP contribution in [0.3, 0.4) is 0 Å². The molecule has 0 amide bonds. The second-order valence-corrected chi connectivity index (χ2v) is 3.62. The van der Waals surface area contributed by atoms with Gasteiger partial charge in [0.1, 0.15) is 6.04 Å². The molecule has 1 unspecified atom stereocenters. The lowest BCUT2D eigenvalue weighted by molar-refractivity contribution is -0.649. The molecule has 4 N–H and O–H groups in total. The number of carbonyl (C=O) groups is 1. The van der Waals surface area contributed by atoms with Crippen LogP contribution in [-0.2, 0) is 4.79 Å². The van der Waals surface area contributed by atoms with Crippen LogP contribution in [-0.4, -0.2) is 30.7 Å². The number of hydrogen-bond donors (Lipinski definition) is 3. The lowest BCUT2D eigenvalue weighted by atomic mass is 10.1. The molecular weight excluding hydrogens is 240 g/mol. The number of hydrogen-bond acceptors (Lipinski definition) is 2. The topological polar surface area (TPSA) is 65.9 Å². The average Bonchev–Trinajstić information content (AvgIpc) is 2.30. The van der Waals surface area contributed by atoms with E-state index in [9.17, 15) is 4.79 Å². The zero-order chi connectivity index (χ0) is 11.8. The van der Waals surface area contributed by atoms with Crippen LogP contribution in [0, 0.1) is 0 Å². The van der Waals surface area contributed by atoms with Crippen LogP contribution in [0.15, 0.2) is 30.3 Å². The monoisotopic (exact) mass is 258 g/mol. The fourth-order valence-electron chi connectivity index (χ4n) is 1.53. The van der Waals surface area contributed by atoms with Crippen molar-refractivity contribution in [3.8, 4) is 0 Å². The number of carboxylic acids is 1. The van der Waals surface area contributed by atoms with Gasteiger partial charge in [-0.2, -0.15) is 0 Å². The van der Waals surface area contributed by atoms with Gasteiger partial charge in [-0.15, -0.1) is 0 Å². The molecule has 17 heavy (non-hydrogen) atoms. The molecule has 0 saturated carbocycles. The van der Waals surface area contributed by atoms with E-state index in [0.717, 1.165) is 18.7 Å². The third kappa shape index (κ3) is 5.68. The van der Waals surface area contributed by atoms with Gasteiger partial charge in [-0.1, -0.05) is 30.3 Å². The van der Waals surface area contributed by atoms with Crippen molar-refractivity contribution in [2.24, 2.45) is 0 Å². The minimum Gasteiger partial charge on any atom is -1.00 e. The standard InChI is InChI=1S/C12H18N2O2.ClH/c1-2-13-8-9-14-11(12(15)16)10-6-4-3-5-7-10;/h3-7,11,13-14H,2,8-9H2,1H3,(H,15,16);1H. The molecular formula is C12H19ClN2O2. The molecule has 0 aromatic heterocycles. The van der Waals surface area contributed by atoms with Crippen molar-refractivity contribution in [1.82, 2.24) is 5.32 Å². The number of quaternary nitrogens is 1. The highest BCUT2D eigenvalue weighted by atomic mass is 35.5. The van der Waals surface area contributed by atoms with E-state index in [-0.39, 0.29) is 12.4 Å². The Morgan fingerprint density at radius 2 is 2.06 bits per heavy atom. The summed E-state index contributed by atoms with van der Waals surface area (Å²) in [6.45, 7) is 4.68. The maximum absolute atomic E-state index is 11.1. The van der Waals surface area contributed by atoms with Crippen molar-refractivity contribution in [3.05, 3.63) is 35.9 Å². The van der Waals surface area contributed by atoms with Gasteiger partial charge in [0.05, 0.1) is 13.1 Å². The van der Waals surface area contributed by atoms with Gasteiger partial charge in [0.25, 0.3) is 0 Å². The predicted molar refractivity (Wildman–Crippen MR) is 62.2 cm³/mol. The van der Waals surface area contributed by atoms with Gasteiger partial charge >= 0.3 is 5.97 Å². The summed E-state index contributed by atoms with van der Waals surface area (Å²) >= 11 is 0. The van der Waals surface area contributed by atoms with Crippen molar-refractivity contribution in [2.45, 2.75) is 13.0 Å². The Morgan fingerprint density at radius 1 is 1.41 bits per heavy atom. The van der Waals surface area contributed by atoms with Crippen LogP contribution in [0.4, 0.5) is 0 Å². The summed E-state index contributed by atoms with van der Waals surface area (Å²) in [4.78, 5) is 11.1. The molecule has 0 spiro atoms. The Morgan fingerprint density at radius 3 is 2.59 bits per heavy atom. The van der Waals surface area contributed by atoms with Crippen molar-refractivity contribution in [3.63, 3.8) is 0 Å². The molecule has 0 aliphatic heterocycles. The summed E-state index contributed by atoms with van der Waals surface area (Å²) in [7, 11) is 0. The van der Waals surface area contributed by atoms with Crippen LogP contribution >= 0.6 is 0 Å². The van der Waals surface area contributed by atoms with Crippen molar-refractivity contribution in [1.29, 1.82) is 0 Å². The molecule has 0 saturated heterocycles. The van der Waals surface area contributed by atoms with Crippen molar-refractivity contribution >= 4 is 5.97 Å². The molecule has 0 radical (unpaired) electrons. The third-order valence-corrected chi connectivity index (χ3v) is 2.37. The Bertz CT molecular complexity index is 320. The molecule has 0 bridgehead atoms. The fraction of sp³-hybridized carbons (Fsp3) is 0.417. The molecule has 1 aromatic rings. The number of aliphatic carboxylic acids is 1. The Kier molecular flexibility index (Phi) is 8.40. The second kappa shape index (κ2) is 8.98. The minimum atomic E-state index is -0.831. The van der Waals surface area contributed by atoms with E-state index >= 15 is 0 Å². The molecule has 4 nitrogen and oxygen atoms in total. The first-order valence-corrected chi connectivity index (χ1v) is 5.58. The highest BCUT2D eigenvalue weighted by Gasteiger charge is 2.18. The molecule has 0 aliphatic carbocycles. The second-order valence-electron chi connectivity index (χ2n) is 3.62. The smallest absolute Gasteiger partial charge is 0.325 e.